The molecule has 1 unspecified atom stereocenters. The molecular weight excluding hydrogens is 284 g/mol. The van der Waals surface area contributed by atoms with Gasteiger partial charge in [-0.25, -0.2) is 0 Å². The first-order valence-corrected chi connectivity index (χ1v) is 7.46. The summed E-state index contributed by atoms with van der Waals surface area (Å²) in [6, 6.07) is 7.49. The Balaban J connectivity index is 1.59. The van der Waals surface area contributed by atoms with E-state index in [1.54, 1.807) is 6.07 Å². The number of carbonyl (C=O) groups excluding carboxylic acids is 2. The zero-order valence-electron chi connectivity index (χ0n) is 12.8. The van der Waals surface area contributed by atoms with Gasteiger partial charge in [-0.05, 0) is 37.5 Å². The fraction of sp³-hybridized carbons (Fsp3) is 0.500. The zero-order valence-corrected chi connectivity index (χ0v) is 12.8. The molecule has 1 aromatic carbocycles. The molecule has 22 heavy (non-hydrogen) atoms. The number of nitrogens with one attached hydrogen (secondary N) is 2. The molecule has 0 spiro atoms. The van der Waals surface area contributed by atoms with Gasteiger partial charge in [-0.3, -0.25) is 9.59 Å². The van der Waals surface area contributed by atoms with Crippen LogP contribution in [0.3, 0.4) is 0 Å². The van der Waals surface area contributed by atoms with E-state index in [4.69, 9.17) is 9.47 Å². The Morgan fingerprint density at radius 1 is 1.32 bits per heavy atom. The van der Waals surface area contributed by atoms with Gasteiger partial charge < -0.3 is 20.1 Å². The maximum Gasteiger partial charge on any atom is 0.250 e. The van der Waals surface area contributed by atoms with Gasteiger partial charge in [0.05, 0.1) is 6.10 Å². The Labute approximate surface area is 130 Å². The van der Waals surface area contributed by atoms with E-state index < -0.39 is 0 Å². The van der Waals surface area contributed by atoms with Gasteiger partial charge in [-0.15, -0.1) is 0 Å². The van der Waals surface area contributed by atoms with Crippen molar-refractivity contribution < 1.29 is 19.1 Å². The SMILES string of the molecule is Cc1cccc(NC(=O)COCC(=O)NCC2CCCO2)c1. The van der Waals surface area contributed by atoms with Crippen LogP contribution in [0, 0.1) is 6.92 Å². The summed E-state index contributed by atoms with van der Waals surface area (Å²) >= 11 is 0. The van der Waals surface area contributed by atoms with Crippen LogP contribution in [0.1, 0.15) is 18.4 Å². The lowest BCUT2D eigenvalue weighted by atomic mass is 10.2. The highest BCUT2D eigenvalue weighted by Gasteiger charge is 2.16. The first kappa shape index (κ1) is 16.5. The van der Waals surface area contributed by atoms with Crippen molar-refractivity contribution in [1.82, 2.24) is 5.32 Å². The van der Waals surface area contributed by atoms with Crippen molar-refractivity contribution in [2.45, 2.75) is 25.9 Å². The van der Waals surface area contributed by atoms with Crippen molar-refractivity contribution in [3.63, 3.8) is 0 Å². The smallest absolute Gasteiger partial charge is 0.250 e. The molecule has 6 nitrogen and oxygen atoms in total. The predicted molar refractivity (Wildman–Crippen MR) is 82.6 cm³/mol. The number of carbonyl (C=O) groups is 2. The zero-order chi connectivity index (χ0) is 15.8. The molecule has 2 amide bonds. The van der Waals surface area contributed by atoms with Crippen LogP contribution in [0.5, 0.6) is 0 Å². The van der Waals surface area contributed by atoms with Crippen molar-refractivity contribution in [3.8, 4) is 0 Å². The average molecular weight is 306 g/mol. The van der Waals surface area contributed by atoms with Gasteiger partial charge in [0, 0.05) is 18.8 Å². The summed E-state index contributed by atoms with van der Waals surface area (Å²) in [5, 5.41) is 5.45. The molecule has 0 bridgehead atoms. The Bertz CT molecular complexity index is 513. The number of anilines is 1. The second kappa shape index (κ2) is 8.51. The number of aryl methyl sites for hydroxylation is 1. The summed E-state index contributed by atoms with van der Waals surface area (Å²) < 4.78 is 10.5. The molecule has 1 aliphatic rings. The van der Waals surface area contributed by atoms with E-state index in [9.17, 15) is 9.59 Å². The van der Waals surface area contributed by atoms with Crippen molar-refractivity contribution in [3.05, 3.63) is 29.8 Å². The van der Waals surface area contributed by atoms with Gasteiger partial charge in [0.1, 0.15) is 13.2 Å². The third kappa shape index (κ3) is 5.83. The average Bonchev–Trinajstić information content (AvgIpc) is 2.98. The van der Waals surface area contributed by atoms with Gasteiger partial charge in [-0.2, -0.15) is 0 Å². The van der Waals surface area contributed by atoms with Crippen molar-refractivity contribution >= 4 is 17.5 Å². The van der Waals surface area contributed by atoms with Gasteiger partial charge >= 0.3 is 0 Å². The van der Waals surface area contributed by atoms with E-state index in [2.05, 4.69) is 10.6 Å². The van der Waals surface area contributed by atoms with Crippen LogP contribution >= 0.6 is 0 Å². The van der Waals surface area contributed by atoms with Crippen LogP contribution in [0.2, 0.25) is 0 Å². The first-order valence-electron chi connectivity index (χ1n) is 7.46. The molecule has 1 fully saturated rings. The summed E-state index contributed by atoms with van der Waals surface area (Å²) in [5.41, 5.74) is 1.78. The lowest BCUT2D eigenvalue weighted by molar-refractivity contribution is -0.129. The summed E-state index contributed by atoms with van der Waals surface area (Å²) in [6.07, 6.45) is 2.12. The lowest BCUT2D eigenvalue weighted by Gasteiger charge is -2.11. The van der Waals surface area contributed by atoms with E-state index in [0.29, 0.717) is 6.54 Å². The molecule has 0 aromatic heterocycles. The van der Waals surface area contributed by atoms with Crippen LogP contribution in [-0.2, 0) is 19.1 Å². The maximum absolute atomic E-state index is 11.7. The minimum Gasteiger partial charge on any atom is -0.376 e. The second-order valence-corrected chi connectivity index (χ2v) is 5.35. The van der Waals surface area contributed by atoms with Crippen LogP contribution < -0.4 is 10.6 Å². The normalized spacial score (nSPS) is 17.2. The minimum atomic E-state index is -0.280. The van der Waals surface area contributed by atoms with Gasteiger partial charge in [0.25, 0.3) is 0 Å². The second-order valence-electron chi connectivity index (χ2n) is 5.35. The highest BCUT2D eigenvalue weighted by molar-refractivity contribution is 5.91. The van der Waals surface area contributed by atoms with Gasteiger partial charge in [0.15, 0.2) is 0 Å². The molecular formula is C16H22N2O4. The minimum absolute atomic E-state index is 0.105. The van der Waals surface area contributed by atoms with Crippen molar-refractivity contribution in [2.24, 2.45) is 0 Å². The van der Waals surface area contributed by atoms with E-state index >= 15 is 0 Å². The Morgan fingerprint density at radius 3 is 2.86 bits per heavy atom. The topological polar surface area (TPSA) is 76.7 Å². The number of rotatable bonds is 7. The van der Waals surface area contributed by atoms with Crippen LogP contribution in [0.15, 0.2) is 24.3 Å². The Hall–Kier alpha value is -1.92. The lowest BCUT2D eigenvalue weighted by Crippen LogP contribution is -2.35. The van der Waals surface area contributed by atoms with Gasteiger partial charge in [-0.1, -0.05) is 12.1 Å². The summed E-state index contributed by atoms with van der Waals surface area (Å²) in [6.45, 7) is 2.92. The Morgan fingerprint density at radius 2 is 2.14 bits per heavy atom. The molecule has 0 aliphatic carbocycles. The number of benzene rings is 1. The van der Waals surface area contributed by atoms with E-state index in [1.165, 1.54) is 0 Å². The summed E-state index contributed by atoms with van der Waals surface area (Å²) in [5.74, 6) is -0.517. The van der Waals surface area contributed by atoms with Crippen LogP contribution in [0.25, 0.3) is 0 Å². The number of amides is 2. The maximum atomic E-state index is 11.7. The van der Waals surface area contributed by atoms with Crippen molar-refractivity contribution in [2.75, 3.05) is 31.7 Å². The molecule has 1 saturated heterocycles. The molecule has 6 heteroatoms. The highest BCUT2D eigenvalue weighted by atomic mass is 16.5. The molecule has 1 aliphatic heterocycles. The standard InChI is InChI=1S/C16H22N2O4/c1-12-4-2-5-13(8-12)18-16(20)11-21-10-15(19)17-9-14-6-3-7-22-14/h2,4-5,8,14H,3,6-7,9-11H2,1H3,(H,17,19)(H,18,20). The predicted octanol–water partition coefficient (Wildman–Crippen LogP) is 1.25. The molecule has 0 radical (unpaired) electrons. The largest absolute Gasteiger partial charge is 0.376 e. The third-order valence-electron chi connectivity index (χ3n) is 3.32. The molecule has 0 saturated carbocycles. The summed E-state index contributed by atoms with van der Waals surface area (Å²) in [7, 11) is 0. The van der Waals surface area contributed by atoms with Crippen LogP contribution in [-0.4, -0.2) is 44.3 Å². The number of hydrogen-bond donors (Lipinski definition) is 2. The third-order valence-corrected chi connectivity index (χ3v) is 3.32. The van der Waals surface area contributed by atoms with Crippen LogP contribution in [0.4, 0.5) is 5.69 Å². The molecule has 120 valence electrons. The van der Waals surface area contributed by atoms with E-state index in [0.717, 1.165) is 30.7 Å². The number of hydrogen-bond acceptors (Lipinski definition) is 4. The molecule has 1 atom stereocenters. The fourth-order valence-corrected chi connectivity index (χ4v) is 2.24. The van der Waals surface area contributed by atoms with Gasteiger partial charge in [0.2, 0.25) is 11.8 Å². The first-order chi connectivity index (χ1) is 10.6. The molecule has 2 rings (SSSR count). The molecule has 1 heterocycles. The Kier molecular flexibility index (Phi) is 6.36. The number of ether oxygens (including phenoxy) is 2. The van der Waals surface area contributed by atoms with E-state index in [-0.39, 0.29) is 31.1 Å². The van der Waals surface area contributed by atoms with Crippen molar-refractivity contribution in [1.29, 1.82) is 0 Å². The molecule has 1 aromatic rings. The quantitative estimate of drug-likeness (QED) is 0.795. The summed E-state index contributed by atoms with van der Waals surface area (Å²) in [4.78, 5) is 23.2. The van der Waals surface area contributed by atoms with E-state index in [1.807, 2.05) is 25.1 Å². The molecule has 2 N–H and O–H groups in total. The highest BCUT2D eigenvalue weighted by Crippen LogP contribution is 2.10. The monoisotopic (exact) mass is 306 g/mol. The fourth-order valence-electron chi connectivity index (χ4n) is 2.24.